The summed E-state index contributed by atoms with van der Waals surface area (Å²) in [6.45, 7) is 5.24. The third-order valence-corrected chi connectivity index (χ3v) is 2.54. The molecule has 0 heterocycles. The van der Waals surface area contributed by atoms with Crippen LogP contribution in [0, 0.1) is 5.92 Å². The molecule has 0 aromatic rings. The van der Waals surface area contributed by atoms with E-state index in [0.29, 0.717) is 13.2 Å². The van der Waals surface area contributed by atoms with Gasteiger partial charge < -0.3 is 15.2 Å². The summed E-state index contributed by atoms with van der Waals surface area (Å²) >= 11 is 0. The van der Waals surface area contributed by atoms with Crippen LogP contribution in [-0.4, -0.2) is 45.4 Å². The van der Waals surface area contributed by atoms with Gasteiger partial charge in [-0.2, -0.15) is 0 Å². The molecule has 0 aromatic heterocycles. The quantitative estimate of drug-likeness (QED) is 0.551. The van der Waals surface area contributed by atoms with Crippen molar-refractivity contribution in [1.82, 2.24) is 5.32 Å². The Bertz CT molecular complexity index is 197. The van der Waals surface area contributed by atoms with Crippen molar-refractivity contribution in [2.75, 3.05) is 34.0 Å². The SMILES string of the molecule is COCCNC(COC)(C(N)=O)C(C)C. The summed E-state index contributed by atoms with van der Waals surface area (Å²) in [4.78, 5) is 11.5. The summed E-state index contributed by atoms with van der Waals surface area (Å²) in [5.41, 5.74) is 4.61. The van der Waals surface area contributed by atoms with Crippen molar-refractivity contribution in [3.8, 4) is 0 Å². The molecule has 0 aromatic carbocycles. The highest BCUT2D eigenvalue weighted by atomic mass is 16.5. The molecule has 5 heteroatoms. The van der Waals surface area contributed by atoms with E-state index in [2.05, 4.69) is 5.32 Å². The van der Waals surface area contributed by atoms with Gasteiger partial charge >= 0.3 is 0 Å². The Morgan fingerprint density at radius 3 is 2.33 bits per heavy atom. The molecular formula is C10H22N2O3. The lowest BCUT2D eigenvalue weighted by molar-refractivity contribution is -0.129. The third-order valence-electron chi connectivity index (χ3n) is 2.54. The molecule has 0 bridgehead atoms. The molecule has 0 spiro atoms. The molecule has 0 aliphatic rings. The number of nitrogens with one attached hydrogen (secondary N) is 1. The maximum Gasteiger partial charge on any atom is 0.240 e. The van der Waals surface area contributed by atoms with Crippen molar-refractivity contribution in [3.63, 3.8) is 0 Å². The molecule has 15 heavy (non-hydrogen) atoms. The standard InChI is InChI=1S/C10H22N2O3/c1-8(2)10(7-15-4,9(11)13)12-5-6-14-3/h8,12H,5-7H2,1-4H3,(H2,11,13). The third kappa shape index (κ3) is 3.77. The van der Waals surface area contributed by atoms with Crippen molar-refractivity contribution in [3.05, 3.63) is 0 Å². The molecule has 3 N–H and O–H groups in total. The van der Waals surface area contributed by atoms with E-state index in [9.17, 15) is 4.79 Å². The minimum atomic E-state index is -0.812. The zero-order valence-electron chi connectivity index (χ0n) is 10.0. The van der Waals surface area contributed by atoms with Crippen LogP contribution in [0.3, 0.4) is 0 Å². The van der Waals surface area contributed by atoms with E-state index in [0.717, 1.165) is 0 Å². The number of ether oxygens (including phenoxy) is 2. The molecular weight excluding hydrogens is 196 g/mol. The van der Waals surface area contributed by atoms with Crippen LogP contribution < -0.4 is 11.1 Å². The average molecular weight is 218 g/mol. The molecule has 0 fully saturated rings. The molecule has 5 nitrogen and oxygen atoms in total. The minimum absolute atomic E-state index is 0.0619. The second-order valence-electron chi connectivity index (χ2n) is 3.84. The smallest absolute Gasteiger partial charge is 0.240 e. The highest BCUT2D eigenvalue weighted by Gasteiger charge is 2.39. The van der Waals surface area contributed by atoms with Crippen molar-refractivity contribution in [2.45, 2.75) is 19.4 Å². The second-order valence-corrected chi connectivity index (χ2v) is 3.84. The maximum absolute atomic E-state index is 11.5. The van der Waals surface area contributed by atoms with E-state index in [1.807, 2.05) is 13.8 Å². The van der Waals surface area contributed by atoms with Crippen LogP contribution in [0.4, 0.5) is 0 Å². The number of amides is 1. The van der Waals surface area contributed by atoms with Gasteiger partial charge in [-0.1, -0.05) is 13.8 Å². The molecule has 1 atom stereocenters. The van der Waals surface area contributed by atoms with Gasteiger partial charge in [-0.3, -0.25) is 10.1 Å². The van der Waals surface area contributed by atoms with Crippen molar-refractivity contribution in [2.24, 2.45) is 11.7 Å². The Balaban J connectivity index is 4.56. The summed E-state index contributed by atoms with van der Waals surface area (Å²) < 4.78 is 9.98. The topological polar surface area (TPSA) is 73.6 Å². The Hall–Kier alpha value is -0.650. The van der Waals surface area contributed by atoms with Gasteiger partial charge in [-0.05, 0) is 5.92 Å². The Kier molecular flexibility index (Phi) is 6.47. The Labute approximate surface area is 91.3 Å². The molecule has 0 aliphatic carbocycles. The lowest BCUT2D eigenvalue weighted by atomic mass is 9.86. The van der Waals surface area contributed by atoms with Gasteiger partial charge in [0, 0.05) is 20.8 Å². The first kappa shape index (κ1) is 14.3. The Morgan fingerprint density at radius 1 is 1.40 bits per heavy atom. The first-order chi connectivity index (χ1) is 7.01. The minimum Gasteiger partial charge on any atom is -0.383 e. The van der Waals surface area contributed by atoms with E-state index in [1.54, 1.807) is 14.2 Å². The molecule has 1 unspecified atom stereocenters. The van der Waals surface area contributed by atoms with Crippen molar-refractivity contribution >= 4 is 5.91 Å². The summed E-state index contributed by atoms with van der Waals surface area (Å²) in [5, 5.41) is 3.11. The van der Waals surface area contributed by atoms with Gasteiger partial charge in [0.25, 0.3) is 0 Å². The summed E-state index contributed by atoms with van der Waals surface area (Å²) in [5.74, 6) is -0.331. The van der Waals surface area contributed by atoms with Gasteiger partial charge in [0.2, 0.25) is 5.91 Å². The number of primary amides is 1. The van der Waals surface area contributed by atoms with Gasteiger partial charge in [-0.15, -0.1) is 0 Å². The van der Waals surface area contributed by atoms with Gasteiger partial charge in [0.1, 0.15) is 5.54 Å². The second kappa shape index (κ2) is 6.76. The predicted molar refractivity (Wildman–Crippen MR) is 58.5 cm³/mol. The monoisotopic (exact) mass is 218 g/mol. The van der Waals surface area contributed by atoms with E-state index >= 15 is 0 Å². The van der Waals surface area contributed by atoms with Crippen molar-refractivity contribution < 1.29 is 14.3 Å². The fraction of sp³-hybridized carbons (Fsp3) is 0.900. The lowest BCUT2D eigenvalue weighted by Gasteiger charge is -2.34. The largest absolute Gasteiger partial charge is 0.383 e. The number of carbonyl (C=O) groups is 1. The molecule has 0 rings (SSSR count). The van der Waals surface area contributed by atoms with E-state index in [4.69, 9.17) is 15.2 Å². The first-order valence-electron chi connectivity index (χ1n) is 5.04. The number of nitrogens with two attached hydrogens (primary N) is 1. The zero-order valence-corrected chi connectivity index (χ0v) is 10.0. The fourth-order valence-corrected chi connectivity index (χ4v) is 1.47. The van der Waals surface area contributed by atoms with E-state index < -0.39 is 11.4 Å². The predicted octanol–water partition coefficient (Wildman–Crippen LogP) is -0.251. The van der Waals surface area contributed by atoms with Crippen LogP contribution in [0.5, 0.6) is 0 Å². The molecule has 0 saturated carbocycles. The number of hydrogen-bond donors (Lipinski definition) is 2. The number of carbonyl (C=O) groups excluding carboxylic acids is 1. The van der Waals surface area contributed by atoms with Crippen LogP contribution in [0.15, 0.2) is 0 Å². The number of methoxy groups -OCH3 is 2. The van der Waals surface area contributed by atoms with E-state index in [-0.39, 0.29) is 12.5 Å². The number of hydrogen-bond acceptors (Lipinski definition) is 4. The average Bonchev–Trinajstić information content (AvgIpc) is 2.15. The Morgan fingerprint density at radius 2 is 2.00 bits per heavy atom. The van der Waals surface area contributed by atoms with Gasteiger partial charge in [0.05, 0.1) is 13.2 Å². The normalized spacial score (nSPS) is 15.3. The van der Waals surface area contributed by atoms with Gasteiger partial charge in [-0.25, -0.2) is 0 Å². The molecule has 1 amide bonds. The van der Waals surface area contributed by atoms with Gasteiger partial charge in [0.15, 0.2) is 0 Å². The maximum atomic E-state index is 11.5. The summed E-state index contributed by atoms with van der Waals surface area (Å²) in [6, 6.07) is 0. The first-order valence-corrected chi connectivity index (χ1v) is 5.04. The number of rotatable bonds is 8. The van der Waals surface area contributed by atoms with Crippen LogP contribution in [-0.2, 0) is 14.3 Å². The highest BCUT2D eigenvalue weighted by Crippen LogP contribution is 2.17. The zero-order chi connectivity index (χ0) is 11.9. The molecule has 0 radical (unpaired) electrons. The lowest BCUT2D eigenvalue weighted by Crippen LogP contribution is -2.62. The molecule has 90 valence electrons. The summed E-state index contributed by atoms with van der Waals surface area (Å²) in [6.07, 6.45) is 0. The van der Waals surface area contributed by atoms with Crippen LogP contribution >= 0.6 is 0 Å². The van der Waals surface area contributed by atoms with Crippen molar-refractivity contribution in [1.29, 1.82) is 0 Å². The van der Waals surface area contributed by atoms with Crippen LogP contribution in [0.2, 0.25) is 0 Å². The van der Waals surface area contributed by atoms with E-state index in [1.165, 1.54) is 0 Å². The van der Waals surface area contributed by atoms with Crippen LogP contribution in [0.1, 0.15) is 13.8 Å². The fourth-order valence-electron chi connectivity index (χ4n) is 1.47. The molecule has 0 saturated heterocycles. The van der Waals surface area contributed by atoms with Crippen LogP contribution in [0.25, 0.3) is 0 Å². The highest BCUT2D eigenvalue weighted by molar-refractivity contribution is 5.85. The summed E-state index contributed by atoms with van der Waals surface area (Å²) in [7, 11) is 3.16. The molecule has 0 aliphatic heterocycles.